The summed E-state index contributed by atoms with van der Waals surface area (Å²) < 4.78 is 6.33. The molecule has 0 aliphatic heterocycles. The second kappa shape index (κ2) is 8.34. The molecule has 2 aromatic heterocycles. The van der Waals surface area contributed by atoms with Gasteiger partial charge in [-0.2, -0.15) is 9.78 Å². The van der Waals surface area contributed by atoms with Gasteiger partial charge in [-0.1, -0.05) is 35.9 Å². The lowest BCUT2D eigenvalue weighted by Crippen LogP contribution is -2.30. The molecule has 30 heavy (non-hydrogen) atoms. The number of halogens is 1. The molecular formula is C22H17ClN4O3. The quantitative estimate of drug-likeness (QED) is 0.535. The van der Waals surface area contributed by atoms with Crippen molar-refractivity contribution in [1.82, 2.24) is 20.1 Å². The molecule has 2 aromatic carbocycles. The number of ether oxygens (including phenoxy) is 1. The number of nitrogens with zero attached hydrogens (tertiary/aromatic N) is 3. The maximum atomic E-state index is 13.0. The summed E-state index contributed by atoms with van der Waals surface area (Å²) in [6.07, 6.45) is 1.66. The van der Waals surface area contributed by atoms with Crippen molar-refractivity contribution in [3.8, 4) is 11.4 Å². The maximum Gasteiger partial charge on any atom is 0.279 e. The summed E-state index contributed by atoms with van der Waals surface area (Å²) in [4.78, 5) is 30.2. The van der Waals surface area contributed by atoms with Crippen LogP contribution in [0.1, 0.15) is 16.2 Å². The maximum absolute atomic E-state index is 13.0. The molecule has 0 aliphatic rings. The molecular weight excluding hydrogens is 404 g/mol. The third-order valence-electron chi connectivity index (χ3n) is 4.56. The van der Waals surface area contributed by atoms with Crippen LogP contribution in [0.15, 0.2) is 71.7 Å². The Morgan fingerprint density at radius 2 is 1.87 bits per heavy atom. The molecule has 0 atom stereocenters. The fraction of sp³-hybridized carbons (Fsp3) is 0.0909. The summed E-state index contributed by atoms with van der Waals surface area (Å²) in [5.41, 5.74) is 0.918. The highest BCUT2D eigenvalue weighted by Crippen LogP contribution is 2.26. The van der Waals surface area contributed by atoms with Gasteiger partial charge in [-0.05, 0) is 36.4 Å². The number of pyridine rings is 1. The first-order chi connectivity index (χ1) is 14.6. The smallest absolute Gasteiger partial charge is 0.279 e. The van der Waals surface area contributed by atoms with Gasteiger partial charge >= 0.3 is 0 Å². The van der Waals surface area contributed by atoms with Crippen molar-refractivity contribution in [2.45, 2.75) is 6.54 Å². The zero-order valence-corrected chi connectivity index (χ0v) is 16.8. The predicted octanol–water partition coefficient (Wildman–Crippen LogP) is 3.37. The van der Waals surface area contributed by atoms with E-state index in [4.69, 9.17) is 16.3 Å². The minimum absolute atomic E-state index is 0.132. The highest BCUT2D eigenvalue weighted by atomic mass is 35.5. The molecule has 2 heterocycles. The molecule has 150 valence electrons. The van der Waals surface area contributed by atoms with Crippen LogP contribution >= 0.6 is 11.6 Å². The Morgan fingerprint density at radius 3 is 2.57 bits per heavy atom. The van der Waals surface area contributed by atoms with Crippen LogP contribution < -0.4 is 15.6 Å². The molecule has 0 saturated carbocycles. The second-order valence-corrected chi connectivity index (χ2v) is 6.84. The fourth-order valence-electron chi connectivity index (χ4n) is 3.08. The Hall–Kier alpha value is -3.71. The summed E-state index contributed by atoms with van der Waals surface area (Å²) >= 11 is 6.22. The zero-order valence-electron chi connectivity index (χ0n) is 16.0. The van der Waals surface area contributed by atoms with Gasteiger partial charge in [0.15, 0.2) is 5.69 Å². The number of rotatable bonds is 5. The Kier molecular flexibility index (Phi) is 5.45. The van der Waals surface area contributed by atoms with E-state index in [0.717, 1.165) is 0 Å². The number of carbonyl (C=O) groups excluding carboxylic acids is 1. The monoisotopic (exact) mass is 420 g/mol. The van der Waals surface area contributed by atoms with E-state index < -0.39 is 5.91 Å². The molecule has 0 fully saturated rings. The first-order valence-corrected chi connectivity index (χ1v) is 9.50. The molecule has 1 amide bonds. The van der Waals surface area contributed by atoms with Gasteiger partial charge in [0.05, 0.1) is 35.4 Å². The standard InChI is InChI=1S/C22H17ClN4O3/c1-30-19-10-9-15(12-18(19)23)27-22(29)17-8-3-2-7-16(17)20(26-27)21(28)25-13-14-6-4-5-11-24-14/h2-12H,13H2,1H3,(H,25,28). The van der Waals surface area contributed by atoms with Crippen LogP contribution in [0.2, 0.25) is 5.02 Å². The molecule has 4 aromatic rings. The van der Waals surface area contributed by atoms with Gasteiger partial charge in [-0.15, -0.1) is 0 Å². The van der Waals surface area contributed by atoms with Gasteiger partial charge in [-0.3, -0.25) is 14.6 Å². The molecule has 0 spiro atoms. The van der Waals surface area contributed by atoms with E-state index in [1.807, 2.05) is 12.1 Å². The van der Waals surface area contributed by atoms with E-state index in [2.05, 4.69) is 15.4 Å². The van der Waals surface area contributed by atoms with Crippen LogP contribution in [-0.2, 0) is 6.54 Å². The molecule has 0 unspecified atom stereocenters. The van der Waals surface area contributed by atoms with E-state index in [1.165, 1.54) is 11.8 Å². The third kappa shape index (κ3) is 3.75. The second-order valence-electron chi connectivity index (χ2n) is 6.43. The number of fused-ring (bicyclic) bond motifs is 1. The summed E-state index contributed by atoms with van der Waals surface area (Å²) in [5.74, 6) is 0.0628. The number of hydrogen-bond donors (Lipinski definition) is 1. The van der Waals surface area contributed by atoms with Crippen molar-refractivity contribution in [2.75, 3.05) is 7.11 Å². The predicted molar refractivity (Wildman–Crippen MR) is 114 cm³/mol. The number of aromatic nitrogens is 3. The molecule has 0 bridgehead atoms. The van der Waals surface area contributed by atoms with E-state index in [9.17, 15) is 9.59 Å². The van der Waals surface area contributed by atoms with Crippen molar-refractivity contribution in [3.05, 3.63) is 93.6 Å². The lowest BCUT2D eigenvalue weighted by molar-refractivity contribution is 0.0945. The van der Waals surface area contributed by atoms with Crippen LogP contribution in [0.4, 0.5) is 0 Å². The van der Waals surface area contributed by atoms with E-state index in [1.54, 1.807) is 54.7 Å². The van der Waals surface area contributed by atoms with Gasteiger partial charge < -0.3 is 10.1 Å². The highest BCUT2D eigenvalue weighted by molar-refractivity contribution is 6.32. The first-order valence-electron chi connectivity index (χ1n) is 9.12. The minimum Gasteiger partial charge on any atom is -0.495 e. The lowest BCUT2D eigenvalue weighted by Gasteiger charge is -2.12. The van der Waals surface area contributed by atoms with Crippen molar-refractivity contribution >= 4 is 28.3 Å². The lowest BCUT2D eigenvalue weighted by atomic mass is 10.1. The van der Waals surface area contributed by atoms with Crippen LogP contribution in [0, 0.1) is 0 Å². The van der Waals surface area contributed by atoms with Crippen LogP contribution in [0.3, 0.4) is 0 Å². The Labute approximate surface area is 176 Å². The largest absolute Gasteiger partial charge is 0.495 e. The minimum atomic E-state index is -0.412. The first kappa shape index (κ1) is 19.6. The van der Waals surface area contributed by atoms with Crippen LogP contribution in [-0.4, -0.2) is 27.8 Å². The van der Waals surface area contributed by atoms with Crippen molar-refractivity contribution in [3.63, 3.8) is 0 Å². The number of hydrogen-bond acceptors (Lipinski definition) is 5. The summed E-state index contributed by atoms with van der Waals surface area (Å²) in [6, 6.07) is 17.2. The number of benzene rings is 2. The SMILES string of the molecule is COc1ccc(-n2nc(C(=O)NCc3ccccn3)c3ccccc3c2=O)cc1Cl. The van der Waals surface area contributed by atoms with Gasteiger partial charge in [0.2, 0.25) is 0 Å². The van der Waals surface area contributed by atoms with E-state index in [0.29, 0.717) is 32.9 Å². The van der Waals surface area contributed by atoms with E-state index in [-0.39, 0.29) is 17.8 Å². The molecule has 0 radical (unpaired) electrons. The number of carbonyl (C=O) groups is 1. The van der Waals surface area contributed by atoms with Crippen molar-refractivity contribution in [2.24, 2.45) is 0 Å². The Bertz CT molecular complexity index is 1290. The third-order valence-corrected chi connectivity index (χ3v) is 4.85. The average Bonchev–Trinajstić information content (AvgIpc) is 2.78. The molecule has 8 heteroatoms. The molecule has 0 aliphatic carbocycles. The Balaban J connectivity index is 1.79. The topological polar surface area (TPSA) is 86.1 Å². The zero-order chi connectivity index (χ0) is 21.1. The molecule has 4 rings (SSSR count). The van der Waals surface area contributed by atoms with Crippen LogP contribution in [0.25, 0.3) is 16.5 Å². The Morgan fingerprint density at radius 1 is 1.10 bits per heavy atom. The van der Waals surface area contributed by atoms with E-state index >= 15 is 0 Å². The van der Waals surface area contributed by atoms with Gasteiger partial charge in [0, 0.05) is 11.6 Å². The van der Waals surface area contributed by atoms with Crippen molar-refractivity contribution < 1.29 is 9.53 Å². The number of amides is 1. The normalized spacial score (nSPS) is 10.7. The van der Waals surface area contributed by atoms with Crippen molar-refractivity contribution in [1.29, 1.82) is 0 Å². The molecule has 1 N–H and O–H groups in total. The average molecular weight is 421 g/mol. The number of nitrogens with one attached hydrogen (secondary N) is 1. The van der Waals surface area contributed by atoms with Gasteiger partial charge in [0.25, 0.3) is 11.5 Å². The van der Waals surface area contributed by atoms with Crippen LogP contribution in [0.5, 0.6) is 5.75 Å². The van der Waals surface area contributed by atoms with Gasteiger partial charge in [0.1, 0.15) is 5.75 Å². The highest BCUT2D eigenvalue weighted by Gasteiger charge is 2.18. The summed E-state index contributed by atoms with van der Waals surface area (Å²) in [7, 11) is 1.51. The summed E-state index contributed by atoms with van der Waals surface area (Å²) in [5, 5.41) is 8.34. The summed E-state index contributed by atoms with van der Waals surface area (Å²) in [6.45, 7) is 0.239. The van der Waals surface area contributed by atoms with Gasteiger partial charge in [-0.25, -0.2) is 0 Å². The molecule has 7 nitrogen and oxygen atoms in total. The molecule has 0 saturated heterocycles. The number of methoxy groups -OCH3 is 1. The fourth-order valence-corrected chi connectivity index (χ4v) is 3.33.